The van der Waals surface area contributed by atoms with Crippen molar-refractivity contribution in [3.8, 4) is 5.75 Å². The highest BCUT2D eigenvalue weighted by Gasteiger charge is 2.18. The van der Waals surface area contributed by atoms with Gasteiger partial charge in [0, 0.05) is 6.42 Å². The number of nitrogens with one attached hydrogen (secondary N) is 1. The number of ether oxygens (including phenoxy) is 1. The normalized spacial score (nSPS) is 13.8. The first-order valence-corrected chi connectivity index (χ1v) is 9.81. The number of carbonyl (C=O) groups is 1. The second kappa shape index (κ2) is 9.06. The summed E-state index contributed by atoms with van der Waals surface area (Å²) in [5, 5.41) is 2.93. The van der Waals surface area contributed by atoms with Crippen molar-refractivity contribution in [2.24, 2.45) is 5.73 Å². The Hall–Kier alpha value is -1.20. The van der Waals surface area contributed by atoms with E-state index in [2.05, 4.69) is 17.8 Å². The molecule has 0 aliphatic heterocycles. The van der Waals surface area contributed by atoms with Gasteiger partial charge in [0.15, 0.2) is 0 Å². The van der Waals surface area contributed by atoms with E-state index in [1.165, 1.54) is 0 Å². The van der Waals surface area contributed by atoms with Gasteiger partial charge in [-0.05, 0) is 42.8 Å². The second-order valence-corrected chi connectivity index (χ2v) is 8.41. The quantitative estimate of drug-likeness (QED) is 0.716. The van der Waals surface area contributed by atoms with Gasteiger partial charge in [0.05, 0.1) is 24.6 Å². The molecule has 0 saturated carbocycles. The van der Waals surface area contributed by atoms with Crippen molar-refractivity contribution >= 4 is 16.8 Å². The zero-order valence-corrected chi connectivity index (χ0v) is 15.1. The zero-order chi connectivity index (χ0) is 16.7. The van der Waals surface area contributed by atoms with Crippen LogP contribution in [0, 0.1) is 13.8 Å². The van der Waals surface area contributed by atoms with Crippen molar-refractivity contribution in [1.82, 2.24) is 5.32 Å². The van der Waals surface area contributed by atoms with Crippen molar-refractivity contribution in [2.45, 2.75) is 39.3 Å². The molecule has 0 bridgehead atoms. The van der Waals surface area contributed by atoms with Gasteiger partial charge >= 0.3 is 0 Å². The molecule has 4 nitrogen and oxygen atoms in total. The fourth-order valence-electron chi connectivity index (χ4n) is 2.12. The third-order valence-electron chi connectivity index (χ3n) is 3.45. The number of hydrogen-bond acceptors (Lipinski definition) is 3. The van der Waals surface area contributed by atoms with Crippen LogP contribution < -0.4 is 15.8 Å². The van der Waals surface area contributed by atoms with E-state index in [9.17, 15) is 4.79 Å². The molecule has 5 heteroatoms. The van der Waals surface area contributed by atoms with E-state index in [4.69, 9.17) is 10.5 Å². The maximum absolute atomic E-state index is 12.0. The molecule has 0 radical (unpaired) electrons. The van der Waals surface area contributed by atoms with Gasteiger partial charge in [-0.25, -0.2) is 0 Å². The first-order valence-electron chi connectivity index (χ1n) is 7.60. The Morgan fingerprint density at radius 2 is 1.91 bits per heavy atom. The maximum Gasteiger partial charge on any atom is 0.237 e. The molecule has 1 unspecified atom stereocenters. The lowest BCUT2D eigenvalue weighted by Gasteiger charge is -2.19. The van der Waals surface area contributed by atoms with Crippen LogP contribution in [0.3, 0.4) is 0 Å². The molecule has 1 amide bonds. The summed E-state index contributed by atoms with van der Waals surface area (Å²) >= 11 is 0. The van der Waals surface area contributed by atoms with Gasteiger partial charge in [-0.15, -0.1) is 0 Å². The molecule has 0 heterocycles. The Morgan fingerprint density at radius 1 is 1.32 bits per heavy atom. The van der Waals surface area contributed by atoms with Gasteiger partial charge < -0.3 is 15.8 Å². The van der Waals surface area contributed by atoms with Crippen molar-refractivity contribution in [3.63, 3.8) is 0 Å². The number of amides is 1. The number of aryl methyl sites for hydroxylation is 2. The fourth-order valence-corrected chi connectivity index (χ4v) is 2.85. The first-order chi connectivity index (χ1) is 10.3. The van der Waals surface area contributed by atoms with Crippen LogP contribution in [0.5, 0.6) is 5.75 Å². The van der Waals surface area contributed by atoms with Crippen LogP contribution in [0.15, 0.2) is 18.2 Å². The number of hydrogen-bond donors (Lipinski definition) is 2. The van der Waals surface area contributed by atoms with Crippen LogP contribution in [0.2, 0.25) is 0 Å². The van der Waals surface area contributed by atoms with E-state index >= 15 is 0 Å². The molecule has 22 heavy (non-hydrogen) atoms. The van der Waals surface area contributed by atoms with Crippen LogP contribution in [0.4, 0.5) is 0 Å². The molecule has 0 fully saturated rings. The largest absolute Gasteiger partial charge is 0.491 e. The third-order valence-corrected chi connectivity index (χ3v) is 4.50. The summed E-state index contributed by atoms with van der Waals surface area (Å²) in [7, 11) is 0.316. The van der Waals surface area contributed by atoms with Crippen molar-refractivity contribution in [3.05, 3.63) is 29.3 Å². The number of para-hydroxylation sites is 1. The molecule has 0 aliphatic carbocycles. The summed E-state index contributed by atoms with van der Waals surface area (Å²) in [5.41, 5.74) is 8.13. The predicted molar refractivity (Wildman–Crippen MR) is 95.7 cm³/mol. The van der Waals surface area contributed by atoms with Crippen LogP contribution >= 0.6 is 0 Å². The van der Waals surface area contributed by atoms with Crippen LogP contribution in [-0.2, 0) is 15.7 Å². The molecule has 1 rings (SSSR count). The average molecular weight is 325 g/mol. The molecule has 0 saturated heterocycles. The first kappa shape index (κ1) is 18.8. The average Bonchev–Trinajstić information content (AvgIpc) is 2.44. The number of benzene rings is 1. The lowest BCUT2D eigenvalue weighted by Crippen LogP contribution is -2.46. The maximum atomic E-state index is 12.0. The van der Waals surface area contributed by atoms with Gasteiger partial charge in [0.2, 0.25) is 5.91 Å². The van der Waals surface area contributed by atoms with Gasteiger partial charge in [-0.2, -0.15) is 0 Å². The predicted octanol–water partition coefficient (Wildman–Crippen LogP) is 1.78. The van der Waals surface area contributed by atoms with E-state index in [0.717, 1.165) is 29.1 Å². The Kier molecular flexibility index (Phi) is 7.76. The summed E-state index contributed by atoms with van der Waals surface area (Å²) in [6.07, 6.45) is 5.05. The van der Waals surface area contributed by atoms with Gasteiger partial charge in [0.1, 0.15) is 18.1 Å². The highest BCUT2D eigenvalue weighted by Crippen LogP contribution is 2.22. The van der Waals surface area contributed by atoms with Gasteiger partial charge in [-0.3, -0.25) is 4.79 Å². The molecular weight excluding hydrogens is 296 g/mol. The third kappa shape index (κ3) is 6.28. The van der Waals surface area contributed by atoms with E-state index in [1.807, 2.05) is 39.0 Å². The van der Waals surface area contributed by atoms with E-state index in [-0.39, 0.29) is 11.9 Å². The van der Waals surface area contributed by atoms with E-state index < -0.39 is 6.04 Å². The Labute approximate surface area is 137 Å². The van der Waals surface area contributed by atoms with Crippen molar-refractivity contribution in [1.29, 1.82) is 0 Å². The van der Waals surface area contributed by atoms with Gasteiger partial charge in [-0.1, -0.05) is 18.2 Å². The molecule has 1 aromatic rings. The second-order valence-electron chi connectivity index (χ2n) is 6.03. The zero-order valence-electron chi connectivity index (χ0n) is 14.3. The molecule has 124 valence electrons. The molecular formula is C17H29N2O2S+. The summed E-state index contributed by atoms with van der Waals surface area (Å²) in [6.45, 7) is 6.42. The van der Waals surface area contributed by atoms with Crippen molar-refractivity contribution < 1.29 is 9.53 Å². The number of carbonyl (C=O) groups excluding carboxylic acids is 1. The minimum atomic E-state index is -0.433. The smallest absolute Gasteiger partial charge is 0.237 e. The van der Waals surface area contributed by atoms with Crippen LogP contribution in [-0.4, -0.2) is 42.9 Å². The molecule has 0 aromatic heterocycles. The fraction of sp³-hybridized carbons (Fsp3) is 0.588. The molecule has 1 aromatic carbocycles. The Morgan fingerprint density at radius 3 is 2.45 bits per heavy atom. The topological polar surface area (TPSA) is 64.3 Å². The number of rotatable bonds is 8. The Bertz CT molecular complexity index is 471. The molecule has 3 N–H and O–H groups in total. The minimum absolute atomic E-state index is 0.0703. The number of nitrogens with two attached hydrogens (primary N) is 1. The highest BCUT2D eigenvalue weighted by atomic mass is 32.2. The Balaban J connectivity index is 2.43. The lowest BCUT2D eigenvalue weighted by atomic mass is 10.1. The van der Waals surface area contributed by atoms with Crippen LogP contribution in [0.25, 0.3) is 0 Å². The standard InChI is InChI=1S/C17H28N2O2S/c1-12-7-6-8-13(2)16(12)21-11-14(3)19-17(20)15(18)9-10-22(4)5/h6-8,14-15H,9-11,18H2,1-5H3/p+1/t14?,15-/m0/s1. The SMILES string of the molecule is Cc1cccc(C)c1OCC(C)NC(=O)[C@@H](N)CC[S+](C)C. The van der Waals surface area contributed by atoms with Crippen molar-refractivity contribution in [2.75, 3.05) is 24.9 Å². The summed E-state index contributed by atoms with van der Waals surface area (Å²) in [4.78, 5) is 12.0. The molecule has 0 aliphatic rings. The van der Waals surface area contributed by atoms with Gasteiger partial charge in [0.25, 0.3) is 0 Å². The summed E-state index contributed by atoms with van der Waals surface area (Å²) < 4.78 is 5.85. The monoisotopic (exact) mass is 325 g/mol. The lowest BCUT2D eigenvalue weighted by molar-refractivity contribution is -0.123. The highest BCUT2D eigenvalue weighted by molar-refractivity contribution is 7.95. The summed E-state index contributed by atoms with van der Waals surface area (Å²) in [5.74, 6) is 1.79. The molecule has 2 atom stereocenters. The minimum Gasteiger partial charge on any atom is -0.491 e. The summed E-state index contributed by atoms with van der Waals surface area (Å²) in [6, 6.07) is 5.55. The van der Waals surface area contributed by atoms with E-state index in [1.54, 1.807) is 0 Å². The van der Waals surface area contributed by atoms with Crippen LogP contribution in [0.1, 0.15) is 24.5 Å². The van der Waals surface area contributed by atoms with E-state index in [0.29, 0.717) is 17.5 Å². The molecule has 0 spiro atoms.